The van der Waals surface area contributed by atoms with Crippen LogP contribution in [0.2, 0.25) is 0 Å². The highest BCUT2D eigenvalue weighted by Gasteiger charge is 2.12. The van der Waals surface area contributed by atoms with E-state index in [9.17, 15) is 0 Å². The van der Waals surface area contributed by atoms with Crippen LogP contribution >= 0.6 is 0 Å². The number of ether oxygens (including phenoxy) is 3. The standard InChI is InChI=1S/C25H32N4O3/c1-6-8-11-26-25-23(16-27-24(7-2)29-25)32-13-12-31-22-15-20(17(3)4)28-21-14-18(30-5)9-10-19(21)22/h7,9-10,14-17H,2,6,8,11-13H2,1,3-5H3,(H,26,27,29). The van der Waals surface area contributed by atoms with Crippen molar-refractivity contribution in [1.82, 2.24) is 15.0 Å². The van der Waals surface area contributed by atoms with Gasteiger partial charge >= 0.3 is 0 Å². The SMILES string of the molecule is C=Cc1ncc(OCCOc2cc(C(C)C)nc3cc(OC)ccc23)c(NCCCC)n1. The van der Waals surface area contributed by atoms with Gasteiger partial charge in [0, 0.05) is 29.8 Å². The van der Waals surface area contributed by atoms with Crippen molar-refractivity contribution in [1.29, 1.82) is 0 Å². The molecule has 0 saturated heterocycles. The first-order valence-corrected chi connectivity index (χ1v) is 11.0. The fourth-order valence-corrected chi connectivity index (χ4v) is 3.14. The lowest BCUT2D eigenvalue weighted by molar-refractivity contribution is 0.218. The van der Waals surface area contributed by atoms with Gasteiger partial charge in [-0.2, -0.15) is 0 Å². The molecule has 3 rings (SSSR count). The Hall–Kier alpha value is -3.35. The summed E-state index contributed by atoms with van der Waals surface area (Å²) in [7, 11) is 1.65. The summed E-state index contributed by atoms with van der Waals surface area (Å²) in [6.45, 7) is 11.7. The molecule has 3 aromatic rings. The highest BCUT2D eigenvalue weighted by atomic mass is 16.5. The van der Waals surface area contributed by atoms with Crippen LogP contribution < -0.4 is 19.5 Å². The molecule has 0 spiro atoms. The molecule has 0 aliphatic carbocycles. The molecule has 0 unspecified atom stereocenters. The van der Waals surface area contributed by atoms with Gasteiger partial charge < -0.3 is 19.5 Å². The second-order valence-corrected chi connectivity index (χ2v) is 7.71. The zero-order chi connectivity index (χ0) is 22.9. The summed E-state index contributed by atoms with van der Waals surface area (Å²) in [5, 5.41) is 4.26. The lowest BCUT2D eigenvalue weighted by atomic mass is 10.1. The Labute approximate surface area is 189 Å². The molecule has 32 heavy (non-hydrogen) atoms. The van der Waals surface area contributed by atoms with E-state index >= 15 is 0 Å². The van der Waals surface area contributed by atoms with Gasteiger partial charge in [0.05, 0.1) is 18.8 Å². The van der Waals surface area contributed by atoms with Crippen LogP contribution in [-0.2, 0) is 0 Å². The van der Waals surface area contributed by atoms with E-state index in [0.717, 1.165) is 47.5 Å². The van der Waals surface area contributed by atoms with Crippen molar-refractivity contribution in [3.05, 3.63) is 48.6 Å². The van der Waals surface area contributed by atoms with Crippen LogP contribution in [0.25, 0.3) is 17.0 Å². The van der Waals surface area contributed by atoms with E-state index in [4.69, 9.17) is 19.2 Å². The van der Waals surface area contributed by atoms with E-state index in [-0.39, 0.29) is 5.92 Å². The van der Waals surface area contributed by atoms with Crippen LogP contribution in [-0.4, -0.2) is 41.8 Å². The number of hydrogen-bond acceptors (Lipinski definition) is 7. The van der Waals surface area contributed by atoms with Crippen molar-refractivity contribution in [2.45, 2.75) is 39.5 Å². The molecule has 1 aromatic carbocycles. The molecule has 2 aromatic heterocycles. The summed E-state index contributed by atoms with van der Waals surface area (Å²) in [5.41, 5.74) is 1.82. The Morgan fingerprint density at radius 3 is 2.56 bits per heavy atom. The van der Waals surface area contributed by atoms with Crippen molar-refractivity contribution < 1.29 is 14.2 Å². The first-order valence-electron chi connectivity index (χ1n) is 11.0. The Balaban J connectivity index is 1.71. The number of nitrogens with zero attached hydrogens (tertiary/aromatic N) is 3. The third-order valence-corrected chi connectivity index (χ3v) is 4.97. The molecule has 0 radical (unpaired) electrons. The molecule has 170 valence electrons. The number of hydrogen-bond donors (Lipinski definition) is 1. The predicted octanol–water partition coefficient (Wildman–Crippen LogP) is 5.47. The third-order valence-electron chi connectivity index (χ3n) is 4.97. The number of aromatic nitrogens is 3. The second-order valence-electron chi connectivity index (χ2n) is 7.71. The number of pyridine rings is 1. The highest BCUT2D eigenvalue weighted by Crippen LogP contribution is 2.31. The number of unbranched alkanes of at least 4 members (excludes halogenated alkanes) is 1. The van der Waals surface area contributed by atoms with E-state index in [1.54, 1.807) is 19.4 Å². The second kappa shape index (κ2) is 11.3. The fraction of sp³-hybridized carbons (Fsp3) is 0.400. The Morgan fingerprint density at radius 2 is 1.88 bits per heavy atom. The topological polar surface area (TPSA) is 78.4 Å². The zero-order valence-corrected chi connectivity index (χ0v) is 19.4. The van der Waals surface area contributed by atoms with Gasteiger partial charge in [-0.25, -0.2) is 9.97 Å². The summed E-state index contributed by atoms with van der Waals surface area (Å²) >= 11 is 0. The van der Waals surface area contributed by atoms with Gasteiger partial charge in [0.15, 0.2) is 17.4 Å². The molecule has 0 aliphatic rings. The summed E-state index contributed by atoms with van der Waals surface area (Å²) in [6, 6.07) is 7.81. The molecular formula is C25H32N4O3. The monoisotopic (exact) mass is 436 g/mol. The summed E-state index contributed by atoms with van der Waals surface area (Å²) < 4.78 is 17.4. The van der Waals surface area contributed by atoms with Gasteiger partial charge in [-0.3, -0.25) is 4.98 Å². The van der Waals surface area contributed by atoms with Crippen LogP contribution in [0.4, 0.5) is 5.82 Å². The van der Waals surface area contributed by atoms with E-state index in [1.807, 2.05) is 24.3 Å². The fourth-order valence-electron chi connectivity index (χ4n) is 3.14. The first-order chi connectivity index (χ1) is 15.5. The minimum atomic E-state index is 0.279. The predicted molar refractivity (Wildman–Crippen MR) is 129 cm³/mol. The van der Waals surface area contributed by atoms with Gasteiger partial charge in [-0.15, -0.1) is 0 Å². The van der Waals surface area contributed by atoms with E-state index in [1.165, 1.54) is 0 Å². The maximum Gasteiger partial charge on any atom is 0.180 e. The number of benzene rings is 1. The molecule has 0 aliphatic heterocycles. The number of methoxy groups -OCH3 is 1. The van der Waals surface area contributed by atoms with Gasteiger partial charge in [-0.1, -0.05) is 33.8 Å². The van der Waals surface area contributed by atoms with Crippen molar-refractivity contribution in [2.24, 2.45) is 0 Å². The number of fused-ring (bicyclic) bond motifs is 1. The summed E-state index contributed by atoms with van der Waals surface area (Å²) in [6.07, 6.45) is 5.44. The normalized spacial score (nSPS) is 10.9. The number of nitrogens with one attached hydrogen (secondary N) is 1. The molecule has 0 amide bonds. The van der Waals surface area contributed by atoms with Crippen LogP contribution in [0.3, 0.4) is 0 Å². The van der Waals surface area contributed by atoms with Crippen LogP contribution in [0, 0.1) is 0 Å². The third kappa shape index (κ3) is 5.87. The van der Waals surface area contributed by atoms with Crippen molar-refractivity contribution in [2.75, 3.05) is 32.2 Å². The smallest absolute Gasteiger partial charge is 0.180 e. The molecule has 0 atom stereocenters. The summed E-state index contributed by atoms with van der Waals surface area (Å²) in [4.78, 5) is 13.5. The van der Waals surface area contributed by atoms with Crippen molar-refractivity contribution in [3.8, 4) is 17.2 Å². The van der Waals surface area contributed by atoms with E-state index in [2.05, 4.69) is 42.6 Å². The zero-order valence-electron chi connectivity index (χ0n) is 19.4. The molecule has 0 fully saturated rings. The Kier molecular flexibility index (Phi) is 8.25. The maximum atomic E-state index is 6.11. The highest BCUT2D eigenvalue weighted by molar-refractivity contribution is 5.86. The molecular weight excluding hydrogens is 404 g/mol. The number of rotatable bonds is 12. The minimum Gasteiger partial charge on any atom is -0.497 e. The Morgan fingerprint density at radius 1 is 1.09 bits per heavy atom. The molecule has 7 nitrogen and oxygen atoms in total. The molecule has 7 heteroatoms. The maximum absolute atomic E-state index is 6.11. The van der Waals surface area contributed by atoms with E-state index in [0.29, 0.717) is 30.6 Å². The lowest BCUT2D eigenvalue weighted by Crippen LogP contribution is -2.13. The first kappa shape index (κ1) is 23.3. The molecule has 0 bridgehead atoms. The molecule has 1 N–H and O–H groups in total. The molecule has 0 saturated carbocycles. The average molecular weight is 437 g/mol. The van der Waals surface area contributed by atoms with Crippen LogP contribution in [0.1, 0.15) is 51.0 Å². The average Bonchev–Trinajstić information content (AvgIpc) is 2.81. The van der Waals surface area contributed by atoms with Gasteiger partial charge in [0.25, 0.3) is 0 Å². The van der Waals surface area contributed by atoms with Crippen LogP contribution in [0.15, 0.2) is 37.0 Å². The van der Waals surface area contributed by atoms with Crippen LogP contribution in [0.5, 0.6) is 17.2 Å². The quantitative estimate of drug-likeness (QED) is 0.377. The van der Waals surface area contributed by atoms with Gasteiger partial charge in [0.2, 0.25) is 0 Å². The number of anilines is 1. The van der Waals surface area contributed by atoms with Crippen molar-refractivity contribution >= 4 is 22.8 Å². The van der Waals surface area contributed by atoms with Gasteiger partial charge in [-0.05, 0) is 30.5 Å². The summed E-state index contributed by atoms with van der Waals surface area (Å²) in [5.74, 6) is 3.67. The lowest BCUT2D eigenvalue weighted by Gasteiger charge is -2.15. The Bertz CT molecular complexity index is 1050. The van der Waals surface area contributed by atoms with Crippen molar-refractivity contribution in [3.63, 3.8) is 0 Å². The van der Waals surface area contributed by atoms with Gasteiger partial charge in [0.1, 0.15) is 24.7 Å². The van der Waals surface area contributed by atoms with E-state index < -0.39 is 0 Å². The minimum absolute atomic E-state index is 0.279. The largest absolute Gasteiger partial charge is 0.497 e. The molecule has 2 heterocycles.